The van der Waals surface area contributed by atoms with Crippen LogP contribution in [0.1, 0.15) is 27.7 Å². The van der Waals surface area contributed by atoms with Crippen LogP contribution in [-0.2, 0) is 14.3 Å². The Morgan fingerprint density at radius 1 is 1.26 bits per heavy atom. The molecule has 0 aromatic heterocycles. The third-order valence-electron chi connectivity index (χ3n) is 5.33. The number of likely N-dealkylation sites (N-methyl/N-ethyl adjacent to an activating group) is 1. The van der Waals surface area contributed by atoms with Crippen molar-refractivity contribution in [3.05, 3.63) is 48.4 Å². The lowest BCUT2D eigenvalue weighted by Crippen LogP contribution is -2.73. The van der Waals surface area contributed by atoms with Crippen LogP contribution >= 0.6 is 0 Å². The summed E-state index contributed by atoms with van der Waals surface area (Å²) in [6.07, 6.45) is 4.01. The molecule has 0 aliphatic carbocycles. The van der Waals surface area contributed by atoms with Gasteiger partial charge < -0.3 is 19.9 Å². The summed E-state index contributed by atoms with van der Waals surface area (Å²) in [5.41, 5.74) is 1.54. The lowest BCUT2D eigenvalue weighted by atomic mass is 10.2. The van der Waals surface area contributed by atoms with Gasteiger partial charge in [-0.25, -0.2) is 19.2 Å². The maximum absolute atomic E-state index is 12.9. The molecule has 0 spiro atoms. The number of carbonyl (C=O) groups is 3. The summed E-state index contributed by atoms with van der Waals surface area (Å²) in [7, 11) is 1.67. The zero-order valence-electron chi connectivity index (χ0n) is 21.0. The molecule has 0 radical (unpaired) electrons. The van der Waals surface area contributed by atoms with Crippen molar-refractivity contribution < 1.29 is 23.5 Å². The first-order valence-electron chi connectivity index (χ1n) is 11.4. The molecule has 0 aromatic rings. The highest BCUT2D eigenvalue weighted by molar-refractivity contribution is 5.89. The Labute approximate surface area is 202 Å². The number of hydrogen-bond acceptors (Lipinski definition) is 5. The highest BCUT2D eigenvalue weighted by atomic mass is 19.1. The van der Waals surface area contributed by atoms with Gasteiger partial charge in [0.15, 0.2) is 0 Å². The number of halogens is 1. The largest absolute Gasteiger partial charge is 0.375 e. The second-order valence-corrected chi connectivity index (χ2v) is 7.72. The fourth-order valence-electron chi connectivity index (χ4n) is 3.43. The average molecular weight is 480 g/mol. The van der Waals surface area contributed by atoms with E-state index in [4.69, 9.17) is 4.74 Å². The Balaban J connectivity index is 0.00000281. The van der Waals surface area contributed by atoms with Crippen molar-refractivity contribution in [3.63, 3.8) is 0 Å². The SMILES string of the molecule is C=C/C(=C\C(=C)F)COCCN1CC2N(CC1=O)C(=O)CN(C)N2C(=O)NC/C(C)=C/C.CC. The van der Waals surface area contributed by atoms with Crippen LogP contribution in [0.15, 0.2) is 48.4 Å². The number of rotatable bonds is 9. The van der Waals surface area contributed by atoms with Crippen LogP contribution in [0.2, 0.25) is 0 Å². The van der Waals surface area contributed by atoms with Crippen molar-refractivity contribution in [1.82, 2.24) is 25.1 Å². The molecular formula is C24H38FN5O4. The zero-order valence-corrected chi connectivity index (χ0v) is 21.0. The first-order valence-corrected chi connectivity index (χ1v) is 11.4. The van der Waals surface area contributed by atoms with Gasteiger partial charge in [0.2, 0.25) is 11.8 Å². The van der Waals surface area contributed by atoms with Gasteiger partial charge in [0, 0.05) is 20.1 Å². The summed E-state index contributed by atoms with van der Waals surface area (Å²) in [4.78, 5) is 40.9. The molecule has 1 unspecified atom stereocenters. The van der Waals surface area contributed by atoms with E-state index in [-0.39, 0.29) is 57.2 Å². The summed E-state index contributed by atoms with van der Waals surface area (Å²) >= 11 is 0. The van der Waals surface area contributed by atoms with Gasteiger partial charge in [-0.05, 0) is 25.5 Å². The number of amides is 4. The van der Waals surface area contributed by atoms with E-state index < -0.39 is 12.0 Å². The van der Waals surface area contributed by atoms with Crippen molar-refractivity contribution in [1.29, 1.82) is 0 Å². The minimum Gasteiger partial charge on any atom is -0.375 e. The van der Waals surface area contributed by atoms with Crippen molar-refractivity contribution >= 4 is 17.8 Å². The van der Waals surface area contributed by atoms with Gasteiger partial charge >= 0.3 is 6.03 Å². The lowest BCUT2D eigenvalue weighted by Gasteiger charge is -2.51. The molecular weight excluding hydrogens is 441 g/mol. The Kier molecular flexibility index (Phi) is 12.2. The number of urea groups is 1. The molecule has 1 N–H and O–H groups in total. The number of piperazine rings is 1. The maximum atomic E-state index is 12.9. The number of allylic oxidation sites excluding steroid dienone is 3. The van der Waals surface area contributed by atoms with Crippen LogP contribution in [0.5, 0.6) is 0 Å². The van der Waals surface area contributed by atoms with E-state index >= 15 is 0 Å². The van der Waals surface area contributed by atoms with Crippen LogP contribution in [0.3, 0.4) is 0 Å². The van der Waals surface area contributed by atoms with E-state index in [0.717, 1.165) is 5.57 Å². The molecule has 2 heterocycles. The summed E-state index contributed by atoms with van der Waals surface area (Å²) in [6, 6.07) is -0.339. The Morgan fingerprint density at radius 3 is 2.53 bits per heavy atom. The van der Waals surface area contributed by atoms with E-state index in [1.807, 2.05) is 33.8 Å². The molecule has 0 aromatic carbocycles. The second-order valence-electron chi connectivity index (χ2n) is 7.72. The average Bonchev–Trinajstić information content (AvgIpc) is 2.81. The van der Waals surface area contributed by atoms with Crippen LogP contribution in [0.25, 0.3) is 0 Å². The van der Waals surface area contributed by atoms with Crippen LogP contribution < -0.4 is 5.32 Å². The summed E-state index contributed by atoms with van der Waals surface area (Å²) < 4.78 is 18.5. The van der Waals surface area contributed by atoms with E-state index in [2.05, 4.69) is 18.5 Å². The molecule has 2 aliphatic heterocycles. The van der Waals surface area contributed by atoms with Gasteiger partial charge in [-0.2, -0.15) is 0 Å². The van der Waals surface area contributed by atoms with Gasteiger partial charge in [0.05, 0.1) is 26.3 Å². The first-order chi connectivity index (χ1) is 16.2. The number of carbonyl (C=O) groups excluding carboxylic acids is 3. The molecule has 0 bridgehead atoms. The van der Waals surface area contributed by atoms with Crippen LogP contribution in [0.4, 0.5) is 9.18 Å². The smallest absolute Gasteiger partial charge is 0.334 e. The highest BCUT2D eigenvalue weighted by Crippen LogP contribution is 2.21. The third kappa shape index (κ3) is 8.11. The number of fused-ring (bicyclic) bond motifs is 1. The lowest BCUT2D eigenvalue weighted by molar-refractivity contribution is -0.178. The molecule has 34 heavy (non-hydrogen) atoms. The minimum absolute atomic E-state index is 0.0133. The molecule has 2 aliphatic rings. The zero-order chi connectivity index (χ0) is 25.8. The van der Waals surface area contributed by atoms with Crippen molar-refractivity contribution in [2.24, 2.45) is 0 Å². The minimum atomic E-state index is -0.608. The predicted octanol–water partition coefficient (Wildman–Crippen LogP) is 2.46. The standard InChI is InChI=1S/C22H32FN5O4.C2H6/c1-6-16(3)11-24-22(31)28-19-12-26(8-9-32-15-18(7-2)10-17(4)23)20(29)14-27(19)21(30)13-25(28)5;1-2/h6-7,10,19H,2,4,8-9,11-15H2,1,3,5H3,(H,24,31);1-2H3/b16-6+,18-10+;. The first kappa shape index (κ1) is 29.1. The van der Waals surface area contributed by atoms with E-state index in [1.165, 1.54) is 22.1 Å². The molecule has 2 saturated heterocycles. The van der Waals surface area contributed by atoms with Crippen molar-refractivity contribution in [2.45, 2.75) is 33.9 Å². The molecule has 4 amide bonds. The fraction of sp³-hybridized carbons (Fsp3) is 0.542. The molecule has 9 nitrogen and oxygen atoms in total. The fourth-order valence-corrected chi connectivity index (χ4v) is 3.43. The van der Waals surface area contributed by atoms with Crippen molar-refractivity contribution in [2.75, 3.05) is 53.0 Å². The van der Waals surface area contributed by atoms with E-state index in [1.54, 1.807) is 17.0 Å². The highest BCUT2D eigenvalue weighted by Gasteiger charge is 2.45. The van der Waals surface area contributed by atoms with Crippen LogP contribution in [-0.4, -0.2) is 96.8 Å². The summed E-state index contributed by atoms with van der Waals surface area (Å²) in [5.74, 6) is -1.02. The summed E-state index contributed by atoms with van der Waals surface area (Å²) in [5, 5.41) is 5.90. The van der Waals surface area contributed by atoms with Gasteiger partial charge in [-0.3, -0.25) is 9.59 Å². The number of hydrogen-bond donors (Lipinski definition) is 1. The normalized spacial score (nSPS) is 19.4. The number of hydrazine groups is 1. The Hall–Kier alpha value is -2.98. The predicted molar refractivity (Wildman–Crippen MR) is 130 cm³/mol. The number of nitrogens with zero attached hydrogens (tertiary/aromatic N) is 4. The van der Waals surface area contributed by atoms with Gasteiger partial charge in [-0.1, -0.05) is 44.7 Å². The van der Waals surface area contributed by atoms with Crippen molar-refractivity contribution in [3.8, 4) is 0 Å². The second kappa shape index (κ2) is 14.3. The van der Waals surface area contributed by atoms with Crippen LogP contribution in [0, 0.1) is 0 Å². The quantitative estimate of drug-likeness (QED) is 0.312. The molecule has 2 rings (SSSR count). The molecule has 10 heteroatoms. The Morgan fingerprint density at radius 2 is 1.94 bits per heavy atom. The van der Waals surface area contributed by atoms with Gasteiger partial charge in [-0.15, -0.1) is 0 Å². The third-order valence-corrected chi connectivity index (χ3v) is 5.33. The summed E-state index contributed by atoms with van der Waals surface area (Å²) in [6.45, 7) is 15.7. The van der Waals surface area contributed by atoms with Gasteiger partial charge in [0.25, 0.3) is 0 Å². The molecule has 0 saturated carbocycles. The maximum Gasteiger partial charge on any atom is 0.334 e. The number of ether oxygens (including phenoxy) is 1. The van der Waals surface area contributed by atoms with Gasteiger partial charge in [0.1, 0.15) is 18.5 Å². The number of nitrogens with one attached hydrogen (secondary N) is 1. The molecule has 1 atom stereocenters. The monoisotopic (exact) mass is 479 g/mol. The van der Waals surface area contributed by atoms with E-state index in [0.29, 0.717) is 12.1 Å². The Bertz CT molecular complexity index is 826. The topological polar surface area (TPSA) is 85.4 Å². The molecule has 2 fully saturated rings. The molecule has 190 valence electrons. The van der Waals surface area contributed by atoms with E-state index in [9.17, 15) is 18.8 Å².